The van der Waals surface area contributed by atoms with Crippen molar-refractivity contribution in [3.8, 4) is 0 Å². The van der Waals surface area contributed by atoms with Gasteiger partial charge in [-0.2, -0.15) is 0 Å². The lowest BCUT2D eigenvalue weighted by Crippen LogP contribution is -2.72. The molecule has 0 aliphatic carbocycles. The summed E-state index contributed by atoms with van der Waals surface area (Å²) in [7, 11) is 6.14. The van der Waals surface area contributed by atoms with Crippen LogP contribution in [0.1, 0.15) is 38.6 Å². The van der Waals surface area contributed by atoms with Crippen molar-refractivity contribution in [2.75, 3.05) is 34.2 Å². The second kappa shape index (κ2) is 7.70. The molecule has 6 heteroatoms. The zero-order valence-corrected chi connectivity index (χ0v) is 18.5. The summed E-state index contributed by atoms with van der Waals surface area (Å²) in [4.78, 5) is 10.5. The molecule has 1 N–H and O–H groups in total. The van der Waals surface area contributed by atoms with E-state index in [0.29, 0.717) is 11.5 Å². The Morgan fingerprint density at radius 3 is 2.43 bits per heavy atom. The molecule has 1 atom stereocenters. The SMILES string of the molecule is CN=C(NCC(c1cccs1)N(C)C)N1CC(C)(C)C1(C)C.I. The highest BCUT2D eigenvalue weighted by atomic mass is 127. The number of rotatable bonds is 4. The maximum absolute atomic E-state index is 4.50. The van der Waals surface area contributed by atoms with E-state index in [1.54, 1.807) is 0 Å². The van der Waals surface area contributed by atoms with Crippen molar-refractivity contribution in [1.29, 1.82) is 0 Å². The zero-order chi connectivity index (χ0) is 16.5. The standard InChI is InChI=1S/C17H30N4S.HI/c1-16(2)12-21(17(16,3)4)15(18-5)19-11-13(20(6)7)14-9-8-10-22-14;/h8-10,13H,11-12H2,1-7H3,(H,18,19);1H. The van der Waals surface area contributed by atoms with Gasteiger partial charge in [0.2, 0.25) is 0 Å². The molecule has 2 heterocycles. The minimum absolute atomic E-state index is 0. The third-order valence-corrected chi connectivity index (χ3v) is 6.27. The van der Waals surface area contributed by atoms with Crippen LogP contribution in [0.3, 0.4) is 0 Å². The molecule has 0 spiro atoms. The van der Waals surface area contributed by atoms with Gasteiger partial charge in [-0.15, -0.1) is 35.3 Å². The first-order chi connectivity index (χ1) is 10.2. The van der Waals surface area contributed by atoms with Crippen LogP contribution in [0, 0.1) is 5.41 Å². The number of aliphatic imine (C=N–C) groups is 1. The fraction of sp³-hybridized carbons (Fsp3) is 0.706. The monoisotopic (exact) mass is 450 g/mol. The molecule has 132 valence electrons. The molecule has 4 nitrogen and oxygen atoms in total. The summed E-state index contributed by atoms with van der Waals surface area (Å²) in [6.07, 6.45) is 0. The molecular weight excluding hydrogens is 419 g/mol. The Morgan fingerprint density at radius 1 is 1.39 bits per heavy atom. The fourth-order valence-corrected chi connectivity index (χ4v) is 3.82. The van der Waals surface area contributed by atoms with Crippen molar-refractivity contribution in [2.24, 2.45) is 10.4 Å². The van der Waals surface area contributed by atoms with Crippen LogP contribution in [0.4, 0.5) is 0 Å². The van der Waals surface area contributed by atoms with Gasteiger partial charge in [-0.3, -0.25) is 4.99 Å². The number of nitrogens with zero attached hydrogens (tertiary/aromatic N) is 3. The van der Waals surface area contributed by atoms with Crippen LogP contribution in [0.2, 0.25) is 0 Å². The first kappa shape index (κ1) is 20.7. The summed E-state index contributed by atoms with van der Waals surface area (Å²) in [6.45, 7) is 11.2. The molecule has 2 rings (SSSR count). The van der Waals surface area contributed by atoms with E-state index in [0.717, 1.165) is 19.0 Å². The van der Waals surface area contributed by atoms with E-state index in [2.05, 4.69) is 79.4 Å². The summed E-state index contributed by atoms with van der Waals surface area (Å²) in [5.41, 5.74) is 0.449. The van der Waals surface area contributed by atoms with Crippen LogP contribution >= 0.6 is 35.3 Å². The Kier molecular flexibility index (Phi) is 6.93. The Morgan fingerprint density at radius 2 is 2.04 bits per heavy atom. The van der Waals surface area contributed by atoms with E-state index < -0.39 is 0 Å². The first-order valence-electron chi connectivity index (χ1n) is 7.89. The van der Waals surface area contributed by atoms with Gasteiger partial charge in [0.15, 0.2) is 5.96 Å². The Balaban J connectivity index is 0.00000264. The molecule has 1 aliphatic heterocycles. The van der Waals surface area contributed by atoms with Crippen molar-refractivity contribution in [3.63, 3.8) is 0 Å². The van der Waals surface area contributed by atoms with Crippen LogP contribution in [0.5, 0.6) is 0 Å². The van der Waals surface area contributed by atoms with Crippen LogP contribution in [0.15, 0.2) is 22.5 Å². The number of nitrogens with one attached hydrogen (secondary N) is 1. The number of hydrogen-bond donors (Lipinski definition) is 1. The average Bonchev–Trinajstić information content (AvgIpc) is 2.95. The number of hydrogen-bond acceptors (Lipinski definition) is 3. The fourth-order valence-electron chi connectivity index (χ4n) is 2.90. The average molecular weight is 450 g/mol. The molecule has 23 heavy (non-hydrogen) atoms. The summed E-state index contributed by atoms with van der Waals surface area (Å²) in [6, 6.07) is 4.69. The van der Waals surface area contributed by atoms with Crippen LogP contribution in [-0.4, -0.2) is 55.5 Å². The molecule has 1 fully saturated rings. The summed E-state index contributed by atoms with van der Waals surface area (Å²) in [5, 5.41) is 5.72. The van der Waals surface area contributed by atoms with Gasteiger partial charge >= 0.3 is 0 Å². The van der Waals surface area contributed by atoms with Gasteiger partial charge in [-0.05, 0) is 39.4 Å². The smallest absolute Gasteiger partial charge is 0.194 e. The molecule has 1 aromatic rings. The lowest BCUT2D eigenvalue weighted by molar-refractivity contribution is -0.0668. The highest BCUT2D eigenvalue weighted by molar-refractivity contribution is 14.0. The number of likely N-dealkylation sites (tertiary alicyclic amines) is 1. The molecule has 1 unspecified atom stereocenters. The maximum Gasteiger partial charge on any atom is 0.194 e. The van der Waals surface area contributed by atoms with Gasteiger partial charge in [0.25, 0.3) is 0 Å². The molecule has 1 aliphatic rings. The Labute approximate surface area is 162 Å². The molecule has 0 amide bonds. The van der Waals surface area contributed by atoms with E-state index in [1.165, 1.54) is 4.88 Å². The van der Waals surface area contributed by atoms with E-state index in [1.807, 2.05) is 18.4 Å². The predicted molar refractivity (Wildman–Crippen MR) is 112 cm³/mol. The van der Waals surface area contributed by atoms with Crippen molar-refractivity contribution in [3.05, 3.63) is 22.4 Å². The van der Waals surface area contributed by atoms with Gasteiger partial charge in [-0.25, -0.2) is 0 Å². The maximum atomic E-state index is 4.50. The van der Waals surface area contributed by atoms with Gasteiger partial charge < -0.3 is 15.1 Å². The number of likely N-dealkylation sites (N-methyl/N-ethyl adjacent to an activating group) is 1. The molecule has 0 aromatic carbocycles. The quantitative estimate of drug-likeness (QED) is 0.432. The largest absolute Gasteiger partial charge is 0.354 e. The normalized spacial score (nSPS) is 20.7. The highest BCUT2D eigenvalue weighted by Gasteiger charge is 2.53. The summed E-state index contributed by atoms with van der Waals surface area (Å²) >= 11 is 1.81. The van der Waals surface area contributed by atoms with Crippen molar-refractivity contribution in [2.45, 2.75) is 39.3 Å². The summed E-state index contributed by atoms with van der Waals surface area (Å²) in [5.74, 6) is 1.01. The van der Waals surface area contributed by atoms with Crippen LogP contribution in [0.25, 0.3) is 0 Å². The molecule has 1 aromatic heterocycles. The predicted octanol–water partition coefficient (Wildman–Crippen LogP) is 3.66. The molecular formula is C17H31IN4S. The van der Waals surface area contributed by atoms with E-state index in [9.17, 15) is 0 Å². The minimum atomic E-state index is 0. The second-order valence-corrected chi connectivity index (χ2v) is 8.43. The van der Waals surface area contributed by atoms with Crippen molar-refractivity contribution < 1.29 is 0 Å². The van der Waals surface area contributed by atoms with E-state index >= 15 is 0 Å². The summed E-state index contributed by atoms with van der Waals surface area (Å²) < 4.78 is 0. The van der Waals surface area contributed by atoms with Crippen molar-refractivity contribution >= 4 is 41.3 Å². The third-order valence-electron chi connectivity index (χ3n) is 5.30. The number of thiophene rings is 1. The molecule has 0 radical (unpaired) electrons. The van der Waals surface area contributed by atoms with Crippen molar-refractivity contribution in [1.82, 2.24) is 15.1 Å². The third kappa shape index (κ3) is 4.02. The minimum Gasteiger partial charge on any atom is -0.354 e. The van der Waals surface area contributed by atoms with Gasteiger partial charge in [0.1, 0.15) is 0 Å². The van der Waals surface area contributed by atoms with Gasteiger partial charge in [0, 0.05) is 36.0 Å². The topological polar surface area (TPSA) is 30.9 Å². The second-order valence-electron chi connectivity index (χ2n) is 7.45. The lowest BCUT2D eigenvalue weighted by atomic mass is 9.65. The van der Waals surface area contributed by atoms with Gasteiger partial charge in [0.05, 0.1) is 6.04 Å². The van der Waals surface area contributed by atoms with E-state index in [4.69, 9.17) is 0 Å². The highest BCUT2D eigenvalue weighted by Crippen LogP contribution is 2.46. The van der Waals surface area contributed by atoms with E-state index in [-0.39, 0.29) is 29.5 Å². The van der Waals surface area contributed by atoms with Gasteiger partial charge in [-0.1, -0.05) is 19.9 Å². The van der Waals surface area contributed by atoms with Crippen LogP contribution < -0.4 is 5.32 Å². The number of halogens is 1. The number of guanidine groups is 1. The zero-order valence-electron chi connectivity index (χ0n) is 15.4. The molecule has 0 saturated carbocycles. The first-order valence-corrected chi connectivity index (χ1v) is 8.77. The Hall–Kier alpha value is -0.340. The molecule has 1 saturated heterocycles. The lowest BCUT2D eigenvalue weighted by Gasteiger charge is -2.62. The van der Waals surface area contributed by atoms with Crippen LogP contribution in [-0.2, 0) is 0 Å². The Bertz CT molecular complexity index is 523. The molecule has 0 bridgehead atoms.